The van der Waals surface area contributed by atoms with E-state index in [1.54, 1.807) is 0 Å². The molecule has 120 valence electrons. The lowest BCUT2D eigenvalue weighted by atomic mass is 9.94. The van der Waals surface area contributed by atoms with Crippen LogP contribution in [0.4, 0.5) is 0 Å². The minimum absolute atomic E-state index is 0.103. The lowest BCUT2D eigenvalue weighted by Crippen LogP contribution is -2.20. The second-order valence-corrected chi connectivity index (χ2v) is 12.9. The van der Waals surface area contributed by atoms with Gasteiger partial charge in [0.2, 0.25) is 5.78 Å². The van der Waals surface area contributed by atoms with E-state index in [-0.39, 0.29) is 17.3 Å². The van der Waals surface area contributed by atoms with Crippen molar-refractivity contribution in [2.75, 3.05) is 7.11 Å². The first kappa shape index (κ1) is 15.9. The summed E-state index contributed by atoms with van der Waals surface area (Å²) in [6.07, 6.45) is 3.93. The first-order valence-electron chi connectivity index (χ1n) is 7.97. The Morgan fingerprint density at radius 2 is 1.65 bits per heavy atom. The van der Waals surface area contributed by atoms with Crippen LogP contribution in [0.1, 0.15) is 23.5 Å². The first-order valence-corrected chi connectivity index (χ1v) is 11.6. The Morgan fingerprint density at radius 1 is 1.00 bits per heavy atom. The number of benzene rings is 1. The van der Waals surface area contributed by atoms with Crippen molar-refractivity contribution in [1.29, 1.82) is 0 Å². The van der Waals surface area contributed by atoms with Gasteiger partial charge >= 0.3 is 0 Å². The quantitative estimate of drug-likeness (QED) is 0.621. The maximum absolute atomic E-state index is 12.2. The van der Waals surface area contributed by atoms with Crippen LogP contribution in [0, 0.1) is 0 Å². The third kappa shape index (κ3) is 3.08. The maximum atomic E-state index is 12.2. The molecular weight excluding hydrogens is 304 g/mol. The van der Waals surface area contributed by atoms with Gasteiger partial charge in [-0.1, -0.05) is 43.9 Å². The molecule has 0 spiro atoms. The van der Waals surface area contributed by atoms with Gasteiger partial charge in [0, 0.05) is 25.8 Å². The van der Waals surface area contributed by atoms with Crippen molar-refractivity contribution in [3.63, 3.8) is 0 Å². The van der Waals surface area contributed by atoms with Crippen LogP contribution in [0.3, 0.4) is 0 Å². The Morgan fingerprint density at radius 3 is 2.17 bits per heavy atom. The summed E-state index contributed by atoms with van der Waals surface area (Å²) in [5.74, 6) is 0.340. The van der Waals surface area contributed by atoms with E-state index in [9.17, 15) is 9.59 Å². The largest absolute Gasteiger partial charge is 0.493 e. The van der Waals surface area contributed by atoms with Crippen LogP contribution in [0.5, 0.6) is 0 Å². The van der Waals surface area contributed by atoms with Crippen molar-refractivity contribution in [3.05, 3.63) is 53.3 Å². The number of rotatable bonds is 4. The molecule has 0 radical (unpaired) electrons. The minimum Gasteiger partial charge on any atom is -0.493 e. The highest BCUT2D eigenvalue weighted by molar-refractivity contribution is 6.78. The molecule has 2 aliphatic rings. The third-order valence-electron chi connectivity index (χ3n) is 4.82. The zero-order chi connectivity index (χ0) is 16.8. The Balaban J connectivity index is 1.79. The molecule has 1 aromatic rings. The van der Waals surface area contributed by atoms with E-state index >= 15 is 0 Å². The van der Waals surface area contributed by atoms with Crippen LogP contribution in [-0.2, 0) is 14.3 Å². The lowest BCUT2D eigenvalue weighted by Gasteiger charge is -2.16. The molecule has 3 rings (SSSR count). The lowest BCUT2D eigenvalue weighted by molar-refractivity contribution is -0.116. The van der Waals surface area contributed by atoms with Gasteiger partial charge in [-0.15, -0.1) is 0 Å². The predicted molar refractivity (Wildman–Crippen MR) is 94.0 cm³/mol. The van der Waals surface area contributed by atoms with Crippen LogP contribution < -0.4 is 0 Å². The van der Waals surface area contributed by atoms with Gasteiger partial charge in [0.15, 0.2) is 11.5 Å². The van der Waals surface area contributed by atoms with Gasteiger partial charge in [-0.3, -0.25) is 9.59 Å². The Kier molecular flexibility index (Phi) is 3.88. The van der Waals surface area contributed by atoms with Crippen LogP contribution in [0.15, 0.2) is 42.2 Å². The third-order valence-corrected chi connectivity index (χ3v) is 7.68. The Bertz CT molecular complexity index is 720. The smallest absolute Gasteiger partial charge is 0.221 e. The molecule has 0 aromatic heterocycles. The highest BCUT2D eigenvalue weighted by atomic mass is 28.3. The van der Waals surface area contributed by atoms with E-state index in [2.05, 4.69) is 31.8 Å². The average Bonchev–Trinajstić information content (AvgIpc) is 3.30. The second kappa shape index (κ2) is 5.60. The van der Waals surface area contributed by atoms with Crippen molar-refractivity contribution in [2.24, 2.45) is 0 Å². The number of allylic oxidation sites excluding steroid dienone is 3. The van der Waals surface area contributed by atoms with Crippen molar-refractivity contribution in [1.82, 2.24) is 0 Å². The summed E-state index contributed by atoms with van der Waals surface area (Å²) in [4.78, 5) is 24.0. The summed E-state index contributed by atoms with van der Waals surface area (Å²) < 4.78 is 4.91. The monoisotopic (exact) mass is 326 g/mol. The van der Waals surface area contributed by atoms with Crippen LogP contribution in [0.25, 0.3) is 5.57 Å². The first-order chi connectivity index (χ1) is 10.8. The summed E-state index contributed by atoms with van der Waals surface area (Å²) in [6, 6.07) is 8.12. The van der Waals surface area contributed by atoms with Gasteiger partial charge in [-0.05, 0) is 29.0 Å². The van der Waals surface area contributed by atoms with Crippen LogP contribution >= 0.6 is 0 Å². The fourth-order valence-corrected chi connectivity index (χ4v) is 5.72. The molecular formula is C19H22O3Si. The fourth-order valence-electron chi connectivity index (χ4n) is 3.36. The molecule has 2 atom stereocenters. The summed E-state index contributed by atoms with van der Waals surface area (Å²) in [6.45, 7) is 7.26. The summed E-state index contributed by atoms with van der Waals surface area (Å²) in [5.41, 5.74) is 3.45. The fraction of sp³-hybridized carbons (Fsp3) is 0.368. The van der Waals surface area contributed by atoms with E-state index in [1.165, 1.54) is 31.2 Å². The molecule has 0 bridgehead atoms. The van der Waals surface area contributed by atoms with Gasteiger partial charge in [-0.25, -0.2) is 0 Å². The molecule has 1 saturated carbocycles. The van der Waals surface area contributed by atoms with E-state index in [0.29, 0.717) is 11.5 Å². The van der Waals surface area contributed by atoms with Crippen molar-refractivity contribution >= 4 is 25.2 Å². The van der Waals surface area contributed by atoms with Gasteiger partial charge < -0.3 is 4.74 Å². The maximum Gasteiger partial charge on any atom is 0.221 e. The predicted octanol–water partition coefficient (Wildman–Crippen LogP) is 3.95. The molecule has 0 N–H and O–H groups in total. The number of ketones is 2. The topological polar surface area (TPSA) is 43.4 Å². The molecule has 23 heavy (non-hydrogen) atoms. The molecule has 0 aliphatic heterocycles. The molecule has 0 heterocycles. The zero-order valence-corrected chi connectivity index (χ0v) is 15.1. The van der Waals surface area contributed by atoms with E-state index < -0.39 is 8.07 Å². The van der Waals surface area contributed by atoms with Gasteiger partial charge in [-0.2, -0.15) is 0 Å². The van der Waals surface area contributed by atoms with Gasteiger partial charge in [0.1, 0.15) is 0 Å². The van der Waals surface area contributed by atoms with Crippen LogP contribution in [0.2, 0.25) is 25.2 Å². The number of ether oxygens (including phenoxy) is 1. The van der Waals surface area contributed by atoms with E-state index in [0.717, 1.165) is 11.1 Å². The SMILES string of the molecule is COC1=CC(=O)C(c2ccc(C3C[C@@H]3[Si](C)(C)C)cc2)=CC1=O. The average molecular weight is 326 g/mol. The summed E-state index contributed by atoms with van der Waals surface area (Å²) in [5, 5.41) is 0. The minimum atomic E-state index is -1.08. The normalized spacial score (nSPS) is 24.2. The molecule has 0 amide bonds. The standard InChI is InChI=1S/C19H22O3Si/c1-22-18-11-16(20)14(9-17(18)21)12-5-7-13(8-6-12)15-10-19(15)23(2,3)4/h5-9,11,15,19H,10H2,1-4H3/t15?,19-/m0/s1. The number of methoxy groups -OCH3 is 1. The Hall–Kier alpha value is -1.94. The highest BCUT2D eigenvalue weighted by Gasteiger charge is 2.46. The van der Waals surface area contributed by atoms with E-state index in [1.807, 2.05) is 12.1 Å². The molecule has 3 nitrogen and oxygen atoms in total. The second-order valence-electron chi connectivity index (χ2n) is 7.44. The van der Waals surface area contributed by atoms with Crippen LogP contribution in [-0.4, -0.2) is 26.8 Å². The number of carbonyl (C=O) groups excluding carboxylic acids is 2. The zero-order valence-electron chi connectivity index (χ0n) is 14.1. The van der Waals surface area contributed by atoms with Crippen molar-refractivity contribution < 1.29 is 14.3 Å². The summed E-state index contributed by atoms with van der Waals surface area (Å²) >= 11 is 0. The van der Waals surface area contributed by atoms with Gasteiger partial charge in [0.05, 0.1) is 7.11 Å². The van der Waals surface area contributed by atoms with Gasteiger partial charge in [0.25, 0.3) is 0 Å². The highest BCUT2D eigenvalue weighted by Crippen LogP contribution is 2.58. The van der Waals surface area contributed by atoms with E-state index in [4.69, 9.17) is 4.74 Å². The van der Waals surface area contributed by atoms with Crippen molar-refractivity contribution in [2.45, 2.75) is 37.5 Å². The molecule has 1 aromatic carbocycles. The molecule has 0 saturated heterocycles. The number of carbonyl (C=O) groups is 2. The molecule has 4 heteroatoms. The summed E-state index contributed by atoms with van der Waals surface area (Å²) in [7, 11) is 0.319. The molecule has 1 fully saturated rings. The number of hydrogen-bond acceptors (Lipinski definition) is 3. The molecule has 2 aliphatic carbocycles. The Labute approximate surface area is 138 Å². The molecule has 1 unspecified atom stereocenters. The van der Waals surface area contributed by atoms with Crippen molar-refractivity contribution in [3.8, 4) is 0 Å². The number of hydrogen-bond donors (Lipinski definition) is 0.